The number of carbonyl (C=O) groups is 2. The molecule has 2 amide bonds. The first kappa shape index (κ1) is 19.1. The Kier molecular flexibility index (Phi) is 5.51. The third-order valence-corrected chi connectivity index (χ3v) is 5.39. The standard InChI is InChI=1S/C23H24N2O4/c1-28-19-9-10-20-17(15-29-21(20)13-19)12-22(26)25-11-5-6-16(14-25)23(27)24-18-7-3-2-4-8-18/h2-4,7-10,13,15-16H,5-6,11-12,14H2,1H3,(H,24,27)/t16-/m1/s1. The minimum absolute atomic E-state index is 0.0146. The van der Waals surface area contributed by atoms with Gasteiger partial charge in [0.1, 0.15) is 11.3 Å². The lowest BCUT2D eigenvalue weighted by atomic mass is 9.96. The molecule has 1 fully saturated rings. The van der Waals surface area contributed by atoms with Crippen LogP contribution in [0.1, 0.15) is 18.4 Å². The third kappa shape index (κ3) is 4.26. The van der Waals surface area contributed by atoms with Crippen LogP contribution in [-0.4, -0.2) is 36.9 Å². The number of carbonyl (C=O) groups excluding carboxylic acids is 2. The van der Waals surface area contributed by atoms with Crippen molar-refractivity contribution in [1.82, 2.24) is 4.90 Å². The van der Waals surface area contributed by atoms with Crippen molar-refractivity contribution in [3.63, 3.8) is 0 Å². The lowest BCUT2D eigenvalue weighted by Crippen LogP contribution is -2.44. The fourth-order valence-corrected chi connectivity index (χ4v) is 3.79. The SMILES string of the molecule is COc1ccc2c(CC(=O)N3CCC[C@@H](C(=O)Nc4ccccc4)C3)coc2c1. The highest BCUT2D eigenvalue weighted by Crippen LogP contribution is 2.27. The first-order valence-corrected chi connectivity index (χ1v) is 9.82. The van der Waals surface area contributed by atoms with E-state index in [1.54, 1.807) is 18.3 Å². The molecule has 6 heteroatoms. The van der Waals surface area contributed by atoms with Gasteiger partial charge in [-0.2, -0.15) is 0 Å². The van der Waals surface area contributed by atoms with E-state index in [0.29, 0.717) is 24.4 Å². The van der Waals surface area contributed by atoms with E-state index >= 15 is 0 Å². The number of fused-ring (bicyclic) bond motifs is 1. The summed E-state index contributed by atoms with van der Waals surface area (Å²) < 4.78 is 10.8. The fraction of sp³-hybridized carbons (Fsp3) is 0.304. The summed E-state index contributed by atoms with van der Waals surface area (Å²) in [6, 6.07) is 15.0. The van der Waals surface area contributed by atoms with Gasteiger partial charge in [-0.15, -0.1) is 0 Å². The Morgan fingerprint density at radius 2 is 2.03 bits per heavy atom. The molecule has 0 radical (unpaired) electrons. The average molecular weight is 392 g/mol. The number of anilines is 1. The molecule has 150 valence electrons. The Labute approximate surface area is 169 Å². The molecule has 0 unspecified atom stereocenters. The summed E-state index contributed by atoms with van der Waals surface area (Å²) in [5, 5.41) is 3.86. The van der Waals surface area contributed by atoms with Crippen LogP contribution in [0.3, 0.4) is 0 Å². The molecule has 0 saturated carbocycles. The van der Waals surface area contributed by atoms with Gasteiger partial charge in [-0.25, -0.2) is 0 Å². The van der Waals surface area contributed by atoms with Gasteiger partial charge in [0, 0.05) is 35.8 Å². The second kappa shape index (κ2) is 8.39. The van der Waals surface area contributed by atoms with Gasteiger partial charge in [0.25, 0.3) is 0 Å². The van der Waals surface area contributed by atoms with Gasteiger partial charge in [-0.05, 0) is 37.1 Å². The molecule has 1 N–H and O–H groups in total. The van der Waals surface area contributed by atoms with Crippen molar-refractivity contribution in [3.05, 3.63) is 60.4 Å². The molecular formula is C23H24N2O4. The summed E-state index contributed by atoms with van der Waals surface area (Å²) in [5.74, 6) is 0.501. The van der Waals surface area contributed by atoms with E-state index in [2.05, 4.69) is 5.32 Å². The zero-order valence-electron chi connectivity index (χ0n) is 16.4. The normalized spacial score (nSPS) is 16.6. The van der Waals surface area contributed by atoms with Gasteiger partial charge in [0.15, 0.2) is 0 Å². The topological polar surface area (TPSA) is 71.8 Å². The Morgan fingerprint density at radius 1 is 1.21 bits per heavy atom. The number of methoxy groups -OCH3 is 1. The van der Waals surface area contributed by atoms with E-state index < -0.39 is 0 Å². The Balaban J connectivity index is 1.40. The summed E-state index contributed by atoms with van der Waals surface area (Å²) >= 11 is 0. The predicted octanol–water partition coefficient (Wildman–Crippen LogP) is 3.86. The molecule has 0 aliphatic carbocycles. The summed E-state index contributed by atoms with van der Waals surface area (Å²) in [4.78, 5) is 27.3. The fourth-order valence-electron chi connectivity index (χ4n) is 3.79. The maximum atomic E-state index is 12.9. The van der Waals surface area contributed by atoms with Crippen LogP contribution >= 0.6 is 0 Å². The van der Waals surface area contributed by atoms with E-state index in [9.17, 15) is 9.59 Å². The molecule has 2 heterocycles. The Bertz CT molecular complexity index is 1010. The van der Waals surface area contributed by atoms with Crippen molar-refractivity contribution in [2.45, 2.75) is 19.3 Å². The number of likely N-dealkylation sites (tertiary alicyclic amines) is 1. The van der Waals surface area contributed by atoms with Crippen molar-refractivity contribution < 1.29 is 18.7 Å². The van der Waals surface area contributed by atoms with E-state index in [-0.39, 0.29) is 24.2 Å². The smallest absolute Gasteiger partial charge is 0.229 e. The number of benzene rings is 2. The number of amides is 2. The summed E-state index contributed by atoms with van der Waals surface area (Å²) in [5.41, 5.74) is 2.33. The summed E-state index contributed by atoms with van der Waals surface area (Å²) in [6.07, 6.45) is 3.50. The van der Waals surface area contributed by atoms with Gasteiger partial charge in [0.05, 0.1) is 25.7 Å². The van der Waals surface area contributed by atoms with Gasteiger partial charge in [0.2, 0.25) is 11.8 Å². The van der Waals surface area contributed by atoms with Crippen LogP contribution in [0.15, 0.2) is 59.2 Å². The molecule has 6 nitrogen and oxygen atoms in total. The monoisotopic (exact) mass is 392 g/mol. The van der Waals surface area contributed by atoms with Gasteiger partial charge < -0.3 is 19.4 Å². The van der Waals surface area contributed by atoms with Gasteiger partial charge in [-0.3, -0.25) is 9.59 Å². The van der Waals surface area contributed by atoms with Crippen molar-refractivity contribution in [2.24, 2.45) is 5.92 Å². The van der Waals surface area contributed by atoms with Crippen LogP contribution in [0.25, 0.3) is 11.0 Å². The average Bonchev–Trinajstić information content (AvgIpc) is 3.16. The van der Waals surface area contributed by atoms with Crippen LogP contribution in [0, 0.1) is 5.92 Å². The quantitative estimate of drug-likeness (QED) is 0.716. The Hall–Kier alpha value is -3.28. The Morgan fingerprint density at radius 3 is 2.83 bits per heavy atom. The zero-order chi connectivity index (χ0) is 20.2. The number of nitrogens with one attached hydrogen (secondary N) is 1. The van der Waals surface area contributed by atoms with Crippen LogP contribution in [0.2, 0.25) is 0 Å². The number of para-hydroxylation sites is 1. The molecule has 3 aromatic rings. The molecule has 0 spiro atoms. The summed E-state index contributed by atoms with van der Waals surface area (Å²) in [7, 11) is 1.61. The molecular weight excluding hydrogens is 368 g/mol. The van der Waals surface area contributed by atoms with Crippen LogP contribution in [0.4, 0.5) is 5.69 Å². The molecule has 29 heavy (non-hydrogen) atoms. The summed E-state index contributed by atoms with van der Waals surface area (Å²) in [6.45, 7) is 1.12. The lowest BCUT2D eigenvalue weighted by molar-refractivity contribution is -0.133. The molecule has 1 atom stereocenters. The van der Waals surface area contributed by atoms with E-state index in [4.69, 9.17) is 9.15 Å². The number of ether oxygens (including phenoxy) is 1. The number of furan rings is 1. The van der Waals surface area contributed by atoms with Crippen LogP contribution < -0.4 is 10.1 Å². The second-order valence-electron chi connectivity index (χ2n) is 7.33. The minimum atomic E-state index is -0.196. The molecule has 1 saturated heterocycles. The van der Waals surface area contributed by atoms with Gasteiger partial charge >= 0.3 is 0 Å². The van der Waals surface area contributed by atoms with Crippen molar-refractivity contribution in [2.75, 3.05) is 25.5 Å². The van der Waals surface area contributed by atoms with Crippen molar-refractivity contribution in [3.8, 4) is 5.75 Å². The number of hydrogen-bond acceptors (Lipinski definition) is 4. The first-order chi connectivity index (χ1) is 14.1. The molecule has 0 bridgehead atoms. The maximum Gasteiger partial charge on any atom is 0.229 e. The van der Waals surface area contributed by atoms with E-state index in [1.807, 2.05) is 48.5 Å². The number of piperidine rings is 1. The molecule has 2 aromatic carbocycles. The highest BCUT2D eigenvalue weighted by atomic mass is 16.5. The highest BCUT2D eigenvalue weighted by Gasteiger charge is 2.29. The van der Waals surface area contributed by atoms with Crippen LogP contribution in [0.5, 0.6) is 5.75 Å². The predicted molar refractivity (Wildman–Crippen MR) is 111 cm³/mol. The molecule has 1 aromatic heterocycles. The number of nitrogens with zero attached hydrogens (tertiary/aromatic N) is 1. The van der Waals surface area contributed by atoms with Crippen LogP contribution in [-0.2, 0) is 16.0 Å². The van der Waals surface area contributed by atoms with Gasteiger partial charge in [-0.1, -0.05) is 18.2 Å². The minimum Gasteiger partial charge on any atom is -0.497 e. The maximum absolute atomic E-state index is 12.9. The molecule has 4 rings (SSSR count). The van der Waals surface area contributed by atoms with Crippen molar-refractivity contribution >= 4 is 28.5 Å². The number of hydrogen-bond donors (Lipinski definition) is 1. The van der Waals surface area contributed by atoms with Crippen molar-refractivity contribution in [1.29, 1.82) is 0 Å². The van der Waals surface area contributed by atoms with E-state index in [0.717, 1.165) is 29.5 Å². The largest absolute Gasteiger partial charge is 0.497 e. The number of rotatable bonds is 5. The molecule has 1 aliphatic heterocycles. The second-order valence-corrected chi connectivity index (χ2v) is 7.33. The zero-order valence-corrected chi connectivity index (χ0v) is 16.4. The third-order valence-electron chi connectivity index (χ3n) is 5.39. The molecule has 1 aliphatic rings. The first-order valence-electron chi connectivity index (χ1n) is 9.82. The highest BCUT2D eigenvalue weighted by molar-refractivity contribution is 5.93. The van der Waals surface area contributed by atoms with E-state index in [1.165, 1.54) is 0 Å². The lowest BCUT2D eigenvalue weighted by Gasteiger charge is -2.32.